The van der Waals surface area contributed by atoms with Crippen molar-refractivity contribution in [3.8, 4) is 0 Å². The fourth-order valence-corrected chi connectivity index (χ4v) is 3.07. The van der Waals surface area contributed by atoms with Crippen LogP contribution in [0.4, 0.5) is 5.69 Å². The molecule has 140 valence electrons. The van der Waals surface area contributed by atoms with Crippen molar-refractivity contribution >= 4 is 23.3 Å². The van der Waals surface area contributed by atoms with Crippen LogP contribution in [-0.4, -0.2) is 29.2 Å². The lowest BCUT2D eigenvalue weighted by Gasteiger charge is -2.23. The van der Waals surface area contributed by atoms with E-state index >= 15 is 0 Å². The van der Waals surface area contributed by atoms with Crippen LogP contribution < -0.4 is 10.3 Å². The fourth-order valence-electron chi connectivity index (χ4n) is 3.07. The van der Waals surface area contributed by atoms with E-state index in [1.165, 1.54) is 0 Å². The van der Waals surface area contributed by atoms with E-state index in [-0.39, 0.29) is 5.91 Å². The van der Waals surface area contributed by atoms with Crippen molar-refractivity contribution in [2.45, 2.75) is 26.3 Å². The number of carboxylic acid groups (broad SMARTS) is 1. The molecule has 6 heteroatoms. The second kappa shape index (κ2) is 8.03. The quantitative estimate of drug-likeness (QED) is 0.821. The molecule has 6 nitrogen and oxygen atoms in total. The van der Waals surface area contributed by atoms with E-state index in [9.17, 15) is 14.7 Å². The third kappa shape index (κ3) is 4.34. The number of amides is 1. The van der Waals surface area contributed by atoms with Gasteiger partial charge in [-0.25, -0.2) is 0 Å². The molecule has 2 aromatic rings. The van der Waals surface area contributed by atoms with E-state index in [1.54, 1.807) is 19.1 Å². The van der Waals surface area contributed by atoms with Gasteiger partial charge in [-0.2, -0.15) is 5.10 Å². The predicted octanol–water partition coefficient (Wildman–Crippen LogP) is 3.46. The Morgan fingerprint density at radius 2 is 1.78 bits per heavy atom. The number of carbonyl (C=O) groups is 2. The number of rotatable bonds is 6. The zero-order valence-electron chi connectivity index (χ0n) is 15.4. The van der Waals surface area contributed by atoms with Gasteiger partial charge in [-0.15, -0.1) is 0 Å². The summed E-state index contributed by atoms with van der Waals surface area (Å²) in [4.78, 5) is 24.2. The van der Waals surface area contributed by atoms with Gasteiger partial charge in [0, 0.05) is 24.2 Å². The van der Waals surface area contributed by atoms with Crippen molar-refractivity contribution in [2.75, 3.05) is 11.6 Å². The minimum Gasteiger partial charge on any atom is -0.481 e. The van der Waals surface area contributed by atoms with Gasteiger partial charge in [-0.3, -0.25) is 14.6 Å². The number of carboxylic acids is 1. The summed E-state index contributed by atoms with van der Waals surface area (Å²) in [6, 6.07) is 15.7. The number of hydrazone groups is 1. The Hall–Kier alpha value is -3.15. The molecule has 0 aromatic heterocycles. The Labute approximate surface area is 158 Å². The molecule has 27 heavy (non-hydrogen) atoms. The summed E-state index contributed by atoms with van der Waals surface area (Å²) in [6.45, 7) is 4.43. The average molecular weight is 365 g/mol. The molecule has 0 bridgehead atoms. The second-order valence-electron chi connectivity index (χ2n) is 6.74. The third-order valence-electron chi connectivity index (χ3n) is 4.74. The summed E-state index contributed by atoms with van der Waals surface area (Å²) in [5.41, 5.74) is 3.27. The van der Waals surface area contributed by atoms with Crippen LogP contribution in [0.2, 0.25) is 0 Å². The molecule has 0 spiro atoms. The topological polar surface area (TPSA) is 82.0 Å². The number of nitrogens with one attached hydrogen (secondary N) is 1. The van der Waals surface area contributed by atoms with Gasteiger partial charge in [0.05, 0.1) is 17.6 Å². The van der Waals surface area contributed by atoms with Gasteiger partial charge in [0.1, 0.15) is 0 Å². The molecule has 2 unspecified atom stereocenters. The molecule has 2 atom stereocenters. The Bertz CT molecular complexity index is 847. The fraction of sp³-hybridized carbons (Fsp3) is 0.286. The molecule has 1 amide bonds. The van der Waals surface area contributed by atoms with E-state index in [4.69, 9.17) is 0 Å². The minimum absolute atomic E-state index is 0.301. The largest absolute Gasteiger partial charge is 0.481 e. The van der Waals surface area contributed by atoms with Gasteiger partial charge < -0.3 is 10.4 Å². The van der Waals surface area contributed by atoms with Crippen molar-refractivity contribution in [2.24, 2.45) is 11.0 Å². The molecule has 0 saturated heterocycles. The highest BCUT2D eigenvalue weighted by Crippen LogP contribution is 2.24. The first-order valence-corrected chi connectivity index (χ1v) is 8.96. The molecule has 1 aliphatic rings. The van der Waals surface area contributed by atoms with Crippen LogP contribution in [0.25, 0.3) is 0 Å². The van der Waals surface area contributed by atoms with E-state index in [1.807, 2.05) is 54.4 Å². The molecule has 2 aromatic carbocycles. The maximum Gasteiger partial charge on any atom is 0.308 e. The number of anilines is 1. The summed E-state index contributed by atoms with van der Waals surface area (Å²) in [6.07, 6.45) is 0.939. The highest BCUT2D eigenvalue weighted by molar-refractivity contribution is 5.95. The van der Waals surface area contributed by atoms with Crippen LogP contribution >= 0.6 is 0 Å². The summed E-state index contributed by atoms with van der Waals surface area (Å²) in [5, 5.41) is 18.6. The molecule has 2 N–H and O–H groups in total. The van der Waals surface area contributed by atoms with Crippen LogP contribution in [0, 0.1) is 5.92 Å². The first-order chi connectivity index (χ1) is 13.0. The predicted molar refractivity (Wildman–Crippen MR) is 105 cm³/mol. The summed E-state index contributed by atoms with van der Waals surface area (Å²) in [7, 11) is 0. The van der Waals surface area contributed by atoms with E-state index in [2.05, 4.69) is 10.4 Å². The lowest BCUT2D eigenvalue weighted by molar-refractivity contribution is -0.142. The molecule has 0 aliphatic carbocycles. The number of hydrogen-bond acceptors (Lipinski definition) is 4. The van der Waals surface area contributed by atoms with Gasteiger partial charge >= 0.3 is 5.97 Å². The SMILES string of the molecule is CC1=NN(c2ccc(C(=O)NC(c3ccccc3)C(C)C(=O)O)cc2)CC1. The smallest absolute Gasteiger partial charge is 0.308 e. The normalized spacial score (nSPS) is 15.8. The van der Waals surface area contributed by atoms with E-state index < -0.39 is 17.9 Å². The highest BCUT2D eigenvalue weighted by Gasteiger charge is 2.27. The van der Waals surface area contributed by atoms with Gasteiger partial charge in [-0.05, 0) is 43.7 Å². The van der Waals surface area contributed by atoms with Crippen molar-refractivity contribution < 1.29 is 14.7 Å². The Morgan fingerprint density at radius 3 is 2.33 bits per heavy atom. The van der Waals surface area contributed by atoms with Crippen LogP contribution in [0.1, 0.15) is 42.2 Å². The molecule has 0 fully saturated rings. The van der Waals surface area contributed by atoms with Gasteiger partial charge in [-0.1, -0.05) is 30.3 Å². The first kappa shape index (κ1) is 18.6. The number of hydrogen-bond donors (Lipinski definition) is 2. The monoisotopic (exact) mass is 365 g/mol. The van der Waals surface area contributed by atoms with Gasteiger partial charge in [0.15, 0.2) is 0 Å². The van der Waals surface area contributed by atoms with Crippen molar-refractivity contribution in [3.63, 3.8) is 0 Å². The van der Waals surface area contributed by atoms with Gasteiger partial charge in [0.25, 0.3) is 5.91 Å². The van der Waals surface area contributed by atoms with Crippen molar-refractivity contribution in [1.29, 1.82) is 0 Å². The zero-order chi connectivity index (χ0) is 19.4. The standard InChI is InChI=1S/C21H23N3O3/c1-14-12-13-24(23-14)18-10-8-17(9-11-18)20(25)22-19(15(2)21(26)27)16-6-4-3-5-7-16/h3-11,15,19H,12-13H2,1-2H3,(H,22,25)(H,26,27). The highest BCUT2D eigenvalue weighted by atomic mass is 16.4. The maximum absolute atomic E-state index is 12.7. The second-order valence-corrected chi connectivity index (χ2v) is 6.74. The summed E-state index contributed by atoms with van der Waals surface area (Å²) >= 11 is 0. The summed E-state index contributed by atoms with van der Waals surface area (Å²) < 4.78 is 0. The number of nitrogens with zero attached hydrogens (tertiary/aromatic N) is 2. The van der Waals surface area contributed by atoms with Crippen LogP contribution in [0.3, 0.4) is 0 Å². The molecule has 3 rings (SSSR count). The van der Waals surface area contributed by atoms with Crippen molar-refractivity contribution in [1.82, 2.24) is 5.32 Å². The Kier molecular flexibility index (Phi) is 5.54. The van der Waals surface area contributed by atoms with E-state index in [0.29, 0.717) is 5.56 Å². The lowest BCUT2D eigenvalue weighted by Crippen LogP contribution is -2.35. The minimum atomic E-state index is -0.957. The maximum atomic E-state index is 12.7. The number of aliphatic carboxylic acids is 1. The third-order valence-corrected chi connectivity index (χ3v) is 4.74. The van der Waals surface area contributed by atoms with Gasteiger partial charge in [0.2, 0.25) is 0 Å². The number of benzene rings is 2. The van der Waals surface area contributed by atoms with Crippen LogP contribution in [-0.2, 0) is 4.79 Å². The molecular formula is C21H23N3O3. The number of carbonyl (C=O) groups excluding carboxylic acids is 1. The Morgan fingerprint density at radius 1 is 1.11 bits per heavy atom. The molecule has 1 heterocycles. The van der Waals surface area contributed by atoms with Crippen molar-refractivity contribution in [3.05, 3.63) is 65.7 Å². The molecule has 1 aliphatic heterocycles. The van der Waals surface area contributed by atoms with Crippen LogP contribution in [0.15, 0.2) is 59.7 Å². The molecular weight excluding hydrogens is 342 g/mol. The summed E-state index contributed by atoms with van der Waals surface area (Å²) in [5.74, 6) is -2.01. The zero-order valence-corrected chi connectivity index (χ0v) is 15.4. The average Bonchev–Trinajstić information content (AvgIpc) is 3.12. The van der Waals surface area contributed by atoms with E-state index in [0.717, 1.165) is 29.9 Å². The first-order valence-electron chi connectivity index (χ1n) is 8.96. The lowest BCUT2D eigenvalue weighted by atomic mass is 9.94. The Balaban J connectivity index is 1.76. The molecule has 0 radical (unpaired) electrons. The molecule has 0 saturated carbocycles. The van der Waals surface area contributed by atoms with Crippen LogP contribution in [0.5, 0.6) is 0 Å².